The van der Waals surface area contributed by atoms with E-state index >= 15 is 0 Å². The van der Waals surface area contributed by atoms with E-state index in [0.717, 1.165) is 11.1 Å². The van der Waals surface area contributed by atoms with Gasteiger partial charge in [-0.25, -0.2) is 0 Å². The third kappa shape index (κ3) is 7.58. The molecule has 0 fully saturated rings. The van der Waals surface area contributed by atoms with Crippen molar-refractivity contribution in [3.8, 4) is 0 Å². The van der Waals surface area contributed by atoms with E-state index in [1.165, 1.54) is 23.5 Å². The molecule has 2 rings (SSSR count). The van der Waals surface area contributed by atoms with Crippen molar-refractivity contribution < 1.29 is 30.6 Å². The minimum atomic E-state index is -1.80. The van der Waals surface area contributed by atoms with E-state index < -0.39 is 41.7 Å². The maximum absolute atomic E-state index is 10.7. The van der Waals surface area contributed by atoms with Gasteiger partial charge in [0, 0.05) is 11.5 Å². The first-order valence-corrected chi connectivity index (χ1v) is 11.4. The van der Waals surface area contributed by atoms with Crippen LogP contribution in [0.15, 0.2) is 60.7 Å². The van der Waals surface area contributed by atoms with Crippen molar-refractivity contribution in [3.63, 3.8) is 0 Å². The van der Waals surface area contributed by atoms with Crippen molar-refractivity contribution in [1.82, 2.24) is 0 Å². The summed E-state index contributed by atoms with van der Waals surface area (Å²) in [5.74, 6) is 1.18. The van der Waals surface area contributed by atoms with E-state index in [0.29, 0.717) is 11.5 Å². The number of rotatable bonds is 12. The van der Waals surface area contributed by atoms with Gasteiger partial charge < -0.3 is 30.6 Å². The third-order valence-corrected chi connectivity index (χ3v) is 7.46. The molecule has 0 unspecified atom stereocenters. The van der Waals surface area contributed by atoms with Crippen LogP contribution in [0.1, 0.15) is 11.1 Å². The topological polar surface area (TPSA) is 121 Å². The van der Waals surface area contributed by atoms with Crippen LogP contribution in [0.5, 0.6) is 0 Å². The summed E-state index contributed by atoms with van der Waals surface area (Å²) in [5.41, 5.74) is 2.11. The second-order valence-corrected chi connectivity index (χ2v) is 9.23. The number of aliphatic hydroxyl groups excluding tert-OH is 6. The number of hydrogen-bond acceptors (Lipinski definition) is 8. The fraction of sp³-hybridized carbons (Fsp3) is 0.429. The van der Waals surface area contributed by atoms with Gasteiger partial charge in [-0.2, -0.15) is 0 Å². The maximum atomic E-state index is 10.7. The molecule has 160 valence electrons. The number of benzene rings is 2. The highest BCUT2D eigenvalue weighted by molar-refractivity contribution is 8.16. The minimum Gasteiger partial charge on any atom is -0.394 e. The number of aliphatic hydroxyl groups is 6. The number of hydrogen-bond donors (Lipinski definition) is 6. The Balaban J connectivity index is 2.06. The molecule has 0 aliphatic heterocycles. The zero-order valence-electron chi connectivity index (χ0n) is 15.9. The largest absolute Gasteiger partial charge is 0.394 e. The predicted octanol–water partition coefficient (Wildman–Crippen LogP) is 0.976. The van der Waals surface area contributed by atoms with Crippen molar-refractivity contribution in [3.05, 3.63) is 71.8 Å². The summed E-state index contributed by atoms with van der Waals surface area (Å²) in [4.78, 5) is 0. The Bertz CT molecular complexity index is 647. The average Bonchev–Trinajstić information content (AvgIpc) is 2.78. The van der Waals surface area contributed by atoms with E-state index in [-0.39, 0.29) is 0 Å². The Hall–Kier alpha value is -1.10. The highest BCUT2D eigenvalue weighted by Gasteiger charge is 2.37. The summed E-state index contributed by atoms with van der Waals surface area (Å²) >= 11 is 2.84. The molecular weight excluding hydrogens is 412 g/mol. The van der Waals surface area contributed by atoms with Crippen LogP contribution in [0.3, 0.4) is 0 Å². The van der Waals surface area contributed by atoms with E-state index in [9.17, 15) is 25.5 Å². The quantitative estimate of drug-likeness (QED) is 0.270. The minimum absolute atomic E-state index is 0.501. The SMILES string of the molecule is OC[C@H](O)[C@H](O)[C@@H](O)[C@H](O)[C@@H](O)C(SCc1ccccc1)SCc1ccccc1. The van der Waals surface area contributed by atoms with Crippen molar-refractivity contribution in [2.24, 2.45) is 0 Å². The first kappa shape index (κ1) is 24.2. The molecule has 6 N–H and O–H groups in total. The average molecular weight is 441 g/mol. The van der Waals surface area contributed by atoms with Gasteiger partial charge in [0.05, 0.1) is 11.2 Å². The Morgan fingerprint density at radius 1 is 0.586 bits per heavy atom. The first-order valence-electron chi connectivity index (χ1n) is 9.26. The monoisotopic (exact) mass is 440 g/mol. The van der Waals surface area contributed by atoms with E-state index in [1.54, 1.807) is 0 Å². The van der Waals surface area contributed by atoms with Crippen LogP contribution in [0.4, 0.5) is 0 Å². The smallest absolute Gasteiger partial charge is 0.111 e. The summed E-state index contributed by atoms with van der Waals surface area (Å²) in [5, 5.41) is 59.5. The van der Waals surface area contributed by atoms with Gasteiger partial charge in [0.2, 0.25) is 0 Å². The Morgan fingerprint density at radius 2 is 1.00 bits per heavy atom. The first-order chi connectivity index (χ1) is 13.9. The van der Waals surface area contributed by atoms with Crippen LogP contribution in [-0.4, -0.2) is 72.3 Å². The van der Waals surface area contributed by atoms with Crippen molar-refractivity contribution >= 4 is 23.5 Å². The molecule has 0 saturated carbocycles. The number of thioether (sulfide) groups is 2. The fourth-order valence-electron chi connectivity index (χ4n) is 2.65. The van der Waals surface area contributed by atoms with Crippen molar-refractivity contribution in [2.75, 3.05) is 6.61 Å². The summed E-state index contributed by atoms with van der Waals surface area (Å²) in [6, 6.07) is 19.4. The second kappa shape index (κ2) is 12.6. The second-order valence-electron chi connectivity index (χ2n) is 6.67. The van der Waals surface area contributed by atoms with Crippen LogP contribution in [0, 0.1) is 0 Å². The van der Waals surface area contributed by atoms with Crippen LogP contribution in [0.25, 0.3) is 0 Å². The molecule has 2 aromatic rings. The summed E-state index contributed by atoms with van der Waals surface area (Å²) < 4.78 is -0.501. The van der Waals surface area contributed by atoms with Gasteiger partial charge >= 0.3 is 0 Å². The van der Waals surface area contributed by atoms with Crippen LogP contribution in [0.2, 0.25) is 0 Å². The standard InChI is InChI=1S/C21H28O6S2/c22-11-16(23)17(24)18(25)19(26)20(27)21(28-12-14-7-3-1-4-8-14)29-13-15-9-5-2-6-10-15/h1-10,16-27H,11-13H2/t16-,17-,18+,19-,20+/m0/s1. The molecule has 2 aromatic carbocycles. The normalized spacial score (nSPS) is 16.9. The summed E-state index contributed by atoms with van der Waals surface area (Å²) in [6.07, 6.45) is -8.25. The van der Waals surface area contributed by atoms with Gasteiger partial charge in [-0.15, -0.1) is 23.5 Å². The molecular formula is C21H28O6S2. The molecule has 0 bridgehead atoms. The van der Waals surface area contributed by atoms with Crippen molar-refractivity contribution in [2.45, 2.75) is 46.6 Å². The zero-order valence-corrected chi connectivity index (χ0v) is 17.5. The molecule has 0 aliphatic carbocycles. The molecule has 29 heavy (non-hydrogen) atoms. The zero-order chi connectivity index (χ0) is 21.2. The predicted molar refractivity (Wildman–Crippen MR) is 116 cm³/mol. The lowest BCUT2D eigenvalue weighted by atomic mass is 10.0. The highest BCUT2D eigenvalue weighted by Crippen LogP contribution is 2.34. The molecule has 5 atom stereocenters. The highest BCUT2D eigenvalue weighted by atomic mass is 32.2. The van der Waals surface area contributed by atoms with Gasteiger partial charge in [0.25, 0.3) is 0 Å². The van der Waals surface area contributed by atoms with Crippen molar-refractivity contribution in [1.29, 1.82) is 0 Å². The van der Waals surface area contributed by atoms with E-state index in [1.807, 2.05) is 60.7 Å². The van der Waals surface area contributed by atoms with Gasteiger partial charge in [-0.1, -0.05) is 60.7 Å². The lowest BCUT2D eigenvalue weighted by molar-refractivity contribution is -0.137. The molecule has 0 amide bonds. The van der Waals surface area contributed by atoms with Crippen LogP contribution in [-0.2, 0) is 11.5 Å². The van der Waals surface area contributed by atoms with Gasteiger partial charge in [0.1, 0.15) is 30.5 Å². The molecule has 0 spiro atoms. The lowest BCUT2D eigenvalue weighted by Crippen LogP contribution is -2.51. The molecule has 0 aromatic heterocycles. The molecule has 8 heteroatoms. The third-order valence-electron chi connectivity index (χ3n) is 4.42. The van der Waals surface area contributed by atoms with Gasteiger partial charge in [-0.05, 0) is 11.1 Å². The van der Waals surface area contributed by atoms with Crippen LogP contribution < -0.4 is 0 Å². The molecule has 6 nitrogen and oxygen atoms in total. The fourth-order valence-corrected chi connectivity index (χ4v) is 5.26. The molecule has 0 aliphatic rings. The maximum Gasteiger partial charge on any atom is 0.111 e. The van der Waals surface area contributed by atoms with Gasteiger partial charge in [0.15, 0.2) is 0 Å². The summed E-state index contributed by atoms with van der Waals surface area (Å²) in [7, 11) is 0. The lowest BCUT2D eigenvalue weighted by Gasteiger charge is -2.32. The van der Waals surface area contributed by atoms with E-state index in [4.69, 9.17) is 5.11 Å². The van der Waals surface area contributed by atoms with E-state index in [2.05, 4.69) is 0 Å². The Labute approximate surface area is 179 Å². The molecule has 0 saturated heterocycles. The van der Waals surface area contributed by atoms with Gasteiger partial charge in [-0.3, -0.25) is 0 Å². The Morgan fingerprint density at radius 3 is 1.41 bits per heavy atom. The molecule has 0 radical (unpaired) electrons. The van der Waals surface area contributed by atoms with Crippen LogP contribution >= 0.6 is 23.5 Å². The summed E-state index contributed by atoms with van der Waals surface area (Å²) in [6.45, 7) is -0.768. The molecule has 0 heterocycles. The Kier molecular flexibility index (Phi) is 10.5.